The van der Waals surface area contributed by atoms with E-state index in [1.807, 2.05) is 0 Å². The SMILES string of the molecule is CC(/C=N/OCCCN)=C\C1C[C@H](O)C[C@H]2CC[C@@H]3[C@H](CC[C@]4(C)CCC[C@]34O)[C@@]12C. The van der Waals surface area contributed by atoms with E-state index in [9.17, 15) is 10.2 Å². The number of allylic oxidation sites excluding steroid dienone is 2. The summed E-state index contributed by atoms with van der Waals surface area (Å²) in [4.78, 5) is 5.31. The van der Waals surface area contributed by atoms with E-state index in [4.69, 9.17) is 10.6 Å². The van der Waals surface area contributed by atoms with Crippen LogP contribution in [0.2, 0.25) is 0 Å². The van der Waals surface area contributed by atoms with Crippen LogP contribution >= 0.6 is 0 Å². The molecule has 0 aromatic rings. The van der Waals surface area contributed by atoms with Crippen molar-refractivity contribution < 1.29 is 15.1 Å². The van der Waals surface area contributed by atoms with Gasteiger partial charge in [0.05, 0.1) is 17.9 Å². The van der Waals surface area contributed by atoms with Crippen LogP contribution in [0.1, 0.15) is 85.0 Å². The van der Waals surface area contributed by atoms with Crippen LogP contribution in [0.5, 0.6) is 0 Å². The van der Waals surface area contributed by atoms with E-state index in [2.05, 4.69) is 32.0 Å². The number of nitrogens with two attached hydrogens (primary N) is 1. The summed E-state index contributed by atoms with van der Waals surface area (Å²) in [5, 5.41) is 26.8. The summed E-state index contributed by atoms with van der Waals surface area (Å²) < 4.78 is 0. The number of aliphatic hydroxyl groups is 2. The first-order valence-electron chi connectivity index (χ1n) is 12.7. The molecule has 0 heterocycles. The lowest BCUT2D eigenvalue weighted by molar-refractivity contribution is -0.211. The second kappa shape index (κ2) is 8.79. The van der Waals surface area contributed by atoms with Crippen molar-refractivity contribution in [3.8, 4) is 0 Å². The molecule has 0 aromatic heterocycles. The largest absolute Gasteiger partial charge is 0.396 e. The molecule has 4 aliphatic carbocycles. The maximum Gasteiger partial charge on any atom is 0.118 e. The first-order valence-corrected chi connectivity index (χ1v) is 12.7. The lowest BCUT2D eigenvalue weighted by Gasteiger charge is -2.64. The van der Waals surface area contributed by atoms with Crippen LogP contribution < -0.4 is 5.73 Å². The van der Waals surface area contributed by atoms with Crippen molar-refractivity contribution in [1.29, 1.82) is 0 Å². The van der Waals surface area contributed by atoms with Crippen molar-refractivity contribution >= 4 is 6.21 Å². The van der Waals surface area contributed by atoms with E-state index in [0.717, 1.165) is 56.9 Å². The second-order valence-electron chi connectivity index (χ2n) is 11.6. The van der Waals surface area contributed by atoms with Gasteiger partial charge in [-0.05, 0) is 118 Å². The minimum atomic E-state index is -0.498. The van der Waals surface area contributed by atoms with Gasteiger partial charge in [-0.25, -0.2) is 0 Å². The Morgan fingerprint density at radius 2 is 1.94 bits per heavy atom. The molecule has 5 nitrogen and oxygen atoms in total. The highest BCUT2D eigenvalue weighted by Gasteiger charge is 2.65. The topological polar surface area (TPSA) is 88.1 Å². The maximum atomic E-state index is 12.0. The quantitative estimate of drug-likeness (QED) is 0.329. The van der Waals surface area contributed by atoms with Gasteiger partial charge in [0.1, 0.15) is 6.61 Å². The van der Waals surface area contributed by atoms with Crippen LogP contribution in [0.4, 0.5) is 0 Å². The molecule has 4 N–H and O–H groups in total. The van der Waals surface area contributed by atoms with Gasteiger partial charge in [0.15, 0.2) is 0 Å². The van der Waals surface area contributed by atoms with Crippen molar-refractivity contribution in [3.05, 3.63) is 11.6 Å². The van der Waals surface area contributed by atoms with E-state index in [0.29, 0.717) is 36.8 Å². The van der Waals surface area contributed by atoms with E-state index in [1.54, 1.807) is 6.21 Å². The molecule has 4 aliphatic rings. The third-order valence-electron chi connectivity index (χ3n) is 10.1. The number of oxime groups is 1. The first kappa shape index (κ1) is 23.3. The lowest BCUT2D eigenvalue weighted by Crippen LogP contribution is -2.62. The summed E-state index contributed by atoms with van der Waals surface area (Å²) in [7, 11) is 0. The fourth-order valence-corrected chi connectivity index (χ4v) is 8.28. The highest BCUT2D eigenvalue weighted by atomic mass is 16.6. The molecule has 0 bridgehead atoms. The molecule has 0 aromatic carbocycles. The zero-order valence-electron chi connectivity index (χ0n) is 19.9. The molecular formula is C26H44N2O3. The van der Waals surface area contributed by atoms with E-state index >= 15 is 0 Å². The fourth-order valence-electron chi connectivity index (χ4n) is 8.28. The summed E-state index contributed by atoms with van der Waals surface area (Å²) in [5.41, 5.74) is 6.32. The molecule has 1 unspecified atom stereocenters. The summed E-state index contributed by atoms with van der Waals surface area (Å²) in [6, 6.07) is 0. The van der Waals surface area contributed by atoms with E-state index < -0.39 is 5.60 Å². The fraction of sp³-hybridized carbons (Fsp3) is 0.885. The van der Waals surface area contributed by atoms with Crippen LogP contribution in [-0.4, -0.2) is 41.3 Å². The number of hydrogen-bond donors (Lipinski definition) is 3. The molecule has 4 fully saturated rings. The van der Waals surface area contributed by atoms with Gasteiger partial charge in [0, 0.05) is 0 Å². The highest BCUT2D eigenvalue weighted by molar-refractivity contribution is 5.77. The zero-order valence-corrected chi connectivity index (χ0v) is 19.9. The van der Waals surface area contributed by atoms with Gasteiger partial charge < -0.3 is 20.8 Å². The Morgan fingerprint density at radius 1 is 1.13 bits per heavy atom. The predicted octanol–water partition coefficient (Wildman–Crippen LogP) is 4.42. The zero-order chi connectivity index (χ0) is 22.3. The molecule has 4 saturated carbocycles. The van der Waals surface area contributed by atoms with Crippen LogP contribution in [0.25, 0.3) is 0 Å². The Balaban J connectivity index is 1.59. The molecule has 176 valence electrons. The van der Waals surface area contributed by atoms with Gasteiger partial charge in [-0.2, -0.15) is 0 Å². The molecular weight excluding hydrogens is 388 g/mol. The van der Waals surface area contributed by atoms with Crippen LogP contribution in [0, 0.1) is 34.5 Å². The molecule has 0 amide bonds. The monoisotopic (exact) mass is 432 g/mol. The molecule has 0 saturated heterocycles. The average molecular weight is 433 g/mol. The number of hydrogen-bond acceptors (Lipinski definition) is 5. The summed E-state index contributed by atoms with van der Waals surface area (Å²) in [6.07, 6.45) is 14.4. The Kier molecular flexibility index (Phi) is 6.60. The van der Waals surface area contributed by atoms with Gasteiger partial charge >= 0.3 is 0 Å². The van der Waals surface area contributed by atoms with Crippen molar-refractivity contribution in [1.82, 2.24) is 0 Å². The third kappa shape index (κ3) is 3.89. The summed E-state index contributed by atoms with van der Waals surface area (Å²) in [5.74, 6) is 1.76. The van der Waals surface area contributed by atoms with Gasteiger partial charge in [0.2, 0.25) is 0 Å². The normalized spacial score (nSPS) is 47.7. The maximum absolute atomic E-state index is 12.0. The lowest BCUT2D eigenvalue weighted by atomic mass is 9.41. The minimum absolute atomic E-state index is 0.0975. The van der Waals surface area contributed by atoms with Gasteiger partial charge in [-0.15, -0.1) is 0 Å². The highest BCUT2D eigenvalue weighted by Crippen LogP contribution is 2.68. The number of fused-ring (bicyclic) bond motifs is 5. The van der Waals surface area contributed by atoms with Crippen molar-refractivity contribution in [2.24, 2.45) is 45.4 Å². The van der Waals surface area contributed by atoms with Crippen molar-refractivity contribution in [2.45, 2.75) is 96.7 Å². The third-order valence-corrected chi connectivity index (χ3v) is 10.1. The second-order valence-corrected chi connectivity index (χ2v) is 11.6. The van der Waals surface area contributed by atoms with Gasteiger partial charge in [-0.3, -0.25) is 0 Å². The standard InChI is InChI=1S/C26H44N2O3/c1-18(17-28-31-13-5-12-27)14-20-16-21(29)15-19-6-7-23-22(25(19,20)3)8-11-24(2)9-4-10-26(23,24)30/h14,17,19-23,29-30H,4-13,15-16,27H2,1-3H3/b18-14+,28-17+/t19-,20?,21-,22+,23-,24+,25-,26+/m1/s1. The Hall–Kier alpha value is -0.910. The van der Waals surface area contributed by atoms with Crippen LogP contribution in [0.3, 0.4) is 0 Å². The Labute approximate surface area is 188 Å². The van der Waals surface area contributed by atoms with Crippen molar-refractivity contribution in [3.63, 3.8) is 0 Å². The Morgan fingerprint density at radius 3 is 2.71 bits per heavy atom. The average Bonchev–Trinajstić information content (AvgIpc) is 3.04. The van der Waals surface area contributed by atoms with Gasteiger partial charge in [-0.1, -0.05) is 25.1 Å². The van der Waals surface area contributed by atoms with E-state index in [-0.39, 0.29) is 16.9 Å². The van der Waals surface area contributed by atoms with Gasteiger partial charge in [0.25, 0.3) is 0 Å². The molecule has 8 atom stereocenters. The minimum Gasteiger partial charge on any atom is -0.396 e. The predicted molar refractivity (Wildman–Crippen MR) is 125 cm³/mol. The van der Waals surface area contributed by atoms with Crippen LogP contribution in [-0.2, 0) is 4.84 Å². The molecule has 0 spiro atoms. The Bertz CT molecular complexity index is 709. The molecule has 5 heteroatoms. The van der Waals surface area contributed by atoms with Crippen LogP contribution in [0.15, 0.2) is 16.8 Å². The number of aliphatic hydroxyl groups excluding tert-OH is 1. The number of rotatable bonds is 6. The molecule has 0 radical (unpaired) electrons. The van der Waals surface area contributed by atoms with Crippen molar-refractivity contribution in [2.75, 3.05) is 13.2 Å². The summed E-state index contributed by atoms with van der Waals surface area (Å²) in [6.45, 7) is 8.06. The summed E-state index contributed by atoms with van der Waals surface area (Å²) >= 11 is 0. The molecule has 31 heavy (non-hydrogen) atoms. The number of nitrogens with zero attached hydrogens (tertiary/aromatic N) is 1. The molecule has 0 aliphatic heterocycles. The first-order chi connectivity index (χ1) is 14.7. The smallest absolute Gasteiger partial charge is 0.118 e. The molecule has 4 rings (SSSR count). The van der Waals surface area contributed by atoms with E-state index in [1.165, 1.54) is 12.8 Å².